The maximum absolute atomic E-state index is 11.2. The SMILES string of the molecule is COCC(=O)Nc1ccc(OCC(=O)O)cc1. The van der Waals surface area contributed by atoms with E-state index in [2.05, 4.69) is 10.1 Å². The number of hydrogen-bond donors (Lipinski definition) is 2. The van der Waals surface area contributed by atoms with E-state index >= 15 is 0 Å². The average molecular weight is 239 g/mol. The van der Waals surface area contributed by atoms with E-state index in [0.717, 1.165) is 0 Å². The number of rotatable bonds is 6. The van der Waals surface area contributed by atoms with Crippen LogP contribution in [-0.2, 0) is 14.3 Å². The van der Waals surface area contributed by atoms with Crippen molar-refractivity contribution in [3.8, 4) is 5.75 Å². The van der Waals surface area contributed by atoms with E-state index in [1.54, 1.807) is 24.3 Å². The molecule has 0 fully saturated rings. The van der Waals surface area contributed by atoms with Crippen LogP contribution < -0.4 is 10.1 Å². The Morgan fingerprint density at radius 2 is 1.88 bits per heavy atom. The fraction of sp³-hybridized carbons (Fsp3) is 0.273. The molecule has 1 aromatic carbocycles. The number of nitrogens with one attached hydrogen (secondary N) is 1. The van der Waals surface area contributed by atoms with Gasteiger partial charge < -0.3 is 19.9 Å². The monoisotopic (exact) mass is 239 g/mol. The Kier molecular flexibility index (Phi) is 4.96. The van der Waals surface area contributed by atoms with Crippen molar-refractivity contribution in [3.63, 3.8) is 0 Å². The Balaban J connectivity index is 2.49. The second-order valence-corrected chi connectivity index (χ2v) is 3.19. The van der Waals surface area contributed by atoms with Gasteiger partial charge in [0.25, 0.3) is 0 Å². The fourth-order valence-corrected chi connectivity index (χ4v) is 1.11. The third kappa shape index (κ3) is 4.98. The van der Waals surface area contributed by atoms with Gasteiger partial charge in [-0.2, -0.15) is 0 Å². The predicted octanol–water partition coefficient (Wildman–Crippen LogP) is 0.735. The molecule has 2 N–H and O–H groups in total. The molecule has 6 nitrogen and oxygen atoms in total. The van der Waals surface area contributed by atoms with Crippen molar-refractivity contribution in [1.29, 1.82) is 0 Å². The number of carbonyl (C=O) groups is 2. The summed E-state index contributed by atoms with van der Waals surface area (Å²) in [5, 5.41) is 11.0. The van der Waals surface area contributed by atoms with E-state index in [9.17, 15) is 9.59 Å². The highest BCUT2D eigenvalue weighted by molar-refractivity contribution is 5.91. The van der Waals surface area contributed by atoms with Gasteiger partial charge in [-0.25, -0.2) is 4.79 Å². The van der Waals surface area contributed by atoms with Gasteiger partial charge in [0.15, 0.2) is 6.61 Å². The quantitative estimate of drug-likeness (QED) is 0.764. The number of anilines is 1. The molecule has 92 valence electrons. The number of benzene rings is 1. The summed E-state index contributed by atoms with van der Waals surface area (Å²) in [5.41, 5.74) is 0.592. The molecule has 17 heavy (non-hydrogen) atoms. The van der Waals surface area contributed by atoms with Crippen LogP contribution in [0.15, 0.2) is 24.3 Å². The molecule has 0 unspecified atom stereocenters. The maximum Gasteiger partial charge on any atom is 0.341 e. The number of carbonyl (C=O) groups excluding carboxylic acids is 1. The maximum atomic E-state index is 11.2. The lowest BCUT2D eigenvalue weighted by Crippen LogP contribution is -2.17. The summed E-state index contributed by atoms with van der Waals surface area (Å²) in [7, 11) is 1.43. The molecular weight excluding hydrogens is 226 g/mol. The standard InChI is InChI=1S/C11H13NO5/c1-16-6-10(13)12-8-2-4-9(5-3-8)17-7-11(14)15/h2-5H,6-7H2,1H3,(H,12,13)(H,14,15). The lowest BCUT2D eigenvalue weighted by atomic mass is 10.3. The summed E-state index contributed by atoms with van der Waals surface area (Å²) in [6.07, 6.45) is 0. The molecule has 0 saturated carbocycles. The normalized spacial score (nSPS) is 9.71. The van der Waals surface area contributed by atoms with Crippen LogP contribution in [0.5, 0.6) is 5.75 Å². The molecule has 0 heterocycles. The molecule has 6 heteroatoms. The van der Waals surface area contributed by atoms with Crippen molar-refractivity contribution in [2.24, 2.45) is 0 Å². The number of amides is 1. The largest absolute Gasteiger partial charge is 0.482 e. The predicted molar refractivity (Wildman–Crippen MR) is 60.1 cm³/mol. The molecule has 1 rings (SSSR count). The Morgan fingerprint density at radius 3 is 2.41 bits per heavy atom. The molecule has 0 radical (unpaired) electrons. The molecular formula is C11H13NO5. The van der Waals surface area contributed by atoms with Crippen molar-refractivity contribution >= 4 is 17.6 Å². The van der Waals surface area contributed by atoms with Crippen molar-refractivity contribution in [3.05, 3.63) is 24.3 Å². The third-order valence-electron chi connectivity index (χ3n) is 1.78. The number of methoxy groups -OCH3 is 1. The van der Waals surface area contributed by atoms with E-state index in [4.69, 9.17) is 9.84 Å². The highest BCUT2D eigenvalue weighted by Gasteiger charge is 2.02. The van der Waals surface area contributed by atoms with Crippen molar-refractivity contribution in [2.45, 2.75) is 0 Å². The van der Waals surface area contributed by atoms with Gasteiger partial charge >= 0.3 is 5.97 Å². The Morgan fingerprint density at radius 1 is 1.24 bits per heavy atom. The van der Waals surface area contributed by atoms with Gasteiger partial charge in [0.1, 0.15) is 12.4 Å². The molecule has 0 saturated heterocycles. The van der Waals surface area contributed by atoms with E-state index < -0.39 is 12.6 Å². The minimum Gasteiger partial charge on any atom is -0.482 e. The summed E-state index contributed by atoms with van der Waals surface area (Å²) in [5.74, 6) is -0.869. The highest BCUT2D eigenvalue weighted by Crippen LogP contribution is 2.15. The van der Waals surface area contributed by atoms with Crippen LogP contribution in [0.3, 0.4) is 0 Å². The van der Waals surface area contributed by atoms with Gasteiger partial charge in [0.2, 0.25) is 5.91 Å². The Labute approximate surface area is 98.2 Å². The second-order valence-electron chi connectivity index (χ2n) is 3.19. The molecule has 0 aliphatic rings. The molecule has 1 aromatic rings. The molecule has 0 aliphatic carbocycles. The number of carboxylic acid groups (broad SMARTS) is 1. The first-order chi connectivity index (χ1) is 8.11. The van der Waals surface area contributed by atoms with Gasteiger partial charge in [-0.3, -0.25) is 4.79 Å². The summed E-state index contributed by atoms with van der Waals surface area (Å²) in [6.45, 7) is -0.410. The molecule has 0 aromatic heterocycles. The van der Waals surface area contributed by atoms with Crippen molar-refractivity contribution in [2.75, 3.05) is 25.6 Å². The van der Waals surface area contributed by atoms with Crippen LogP contribution >= 0.6 is 0 Å². The zero-order valence-electron chi connectivity index (χ0n) is 9.30. The molecule has 0 spiro atoms. The topological polar surface area (TPSA) is 84.9 Å². The van der Waals surface area contributed by atoms with E-state index in [1.165, 1.54) is 7.11 Å². The average Bonchev–Trinajstić information content (AvgIpc) is 2.28. The highest BCUT2D eigenvalue weighted by atomic mass is 16.5. The summed E-state index contributed by atoms with van der Waals surface area (Å²) in [6, 6.07) is 6.38. The lowest BCUT2D eigenvalue weighted by Gasteiger charge is -2.06. The van der Waals surface area contributed by atoms with E-state index in [-0.39, 0.29) is 12.5 Å². The zero-order chi connectivity index (χ0) is 12.7. The molecule has 1 amide bonds. The Bertz CT molecular complexity index is 387. The van der Waals surface area contributed by atoms with E-state index in [1.807, 2.05) is 0 Å². The molecule has 0 bridgehead atoms. The first kappa shape index (κ1) is 13.0. The van der Waals surface area contributed by atoms with Crippen LogP contribution in [0.1, 0.15) is 0 Å². The number of ether oxygens (including phenoxy) is 2. The van der Waals surface area contributed by atoms with Crippen molar-refractivity contribution < 1.29 is 24.2 Å². The van der Waals surface area contributed by atoms with Crippen LogP contribution in [0.2, 0.25) is 0 Å². The third-order valence-corrected chi connectivity index (χ3v) is 1.78. The second kappa shape index (κ2) is 6.49. The van der Waals surface area contributed by atoms with Crippen molar-refractivity contribution in [1.82, 2.24) is 0 Å². The number of carboxylic acids is 1. The van der Waals surface area contributed by atoms with Gasteiger partial charge in [-0.15, -0.1) is 0 Å². The number of aliphatic carboxylic acids is 1. The summed E-state index contributed by atoms with van der Waals surface area (Å²) < 4.78 is 9.60. The molecule has 0 atom stereocenters. The zero-order valence-corrected chi connectivity index (χ0v) is 9.30. The van der Waals surface area contributed by atoms with Crippen LogP contribution in [0.4, 0.5) is 5.69 Å². The minimum absolute atomic E-state index is 0.0166. The summed E-state index contributed by atoms with van der Waals surface area (Å²) in [4.78, 5) is 21.4. The first-order valence-corrected chi connectivity index (χ1v) is 4.85. The first-order valence-electron chi connectivity index (χ1n) is 4.85. The van der Waals surface area contributed by atoms with E-state index in [0.29, 0.717) is 11.4 Å². The van der Waals surface area contributed by atoms with Crippen LogP contribution in [0, 0.1) is 0 Å². The molecule has 0 aliphatic heterocycles. The fourth-order valence-electron chi connectivity index (χ4n) is 1.11. The smallest absolute Gasteiger partial charge is 0.341 e. The number of hydrogen-bond acceptors (Lipinski definition) is 4. The van der Waals surface area contributed by atoms with Gasteiger partial charge in [0, 0.05) is 12.8 Å². The summed E-state index contributed by atoms with van der Waals surface area (Å²) >= 11 is 0. The van der Waals surface area contributed by atoms with Gasteiger partial charge in [0.05, 0.1) is 0 Å². The lowest BCUT2D eigenvalue weighted by molar-refractivity contribution is -0.139. The van der Waals surface area contributed by atoms with Crippen LogP contribution in [-0.4, -0.2) is 37.3 Å². The Hall–Kier alpha value is -2.08. The van der Waals surface area contributed by atoms with Gasteiger partial charge in [-0.05, 0) is 24.3 Å². The minimum atomic E-state index is -1.04. The van der Waals surface area contributed by atoms with Crippen LogP contribution in [0.25, 0.3) is 0 Å². The van der Waals surface area contributed by atoms with Gasteiger partial charge in [-0.1, -0.05) is 0 Å².